The summed E-state index contributed by atoms with van der Waals surface area (Å²) in [7, 11) is 0. The number of hydrogen-bond acceptors (Lipinski definition) is 5. The summed E-state index contributed by atoms with van der Waals surface area (Å²) in [5, 5.41) is 16.2. The lowest BCUT2D eigenvalue weighted by molar-refractivity contribution is 0.583. The predicted molar refractivity (Wildman–Crippen MR) is 92.7 cm³/mol. The van der Waals surface area contributed by atoms with Crippen LogP contribution in [-0.4, -0.2) is 25.2 Å². The minimum absolute atomic E-state index is 0.116. The Kier molecular flexibility index (Phi) is 4.08. The van der Waals surface area contributed by atoms with E-state index in [4.69, 9.17) is 23.2 Å². The van der Waals surface area contributed by atoms with E-state index < -0.39 is 0 Å². The van der Waals surface area contributed by atoms with Gasteiger partial charge in [0.1, 0.15) is 0 Å². The fourth-order valence-electron chi connectivity index (χ4n) is 3.01. The van der Waals surface area contributed by atoms with Crippen LogP contribution >= 0.6 is 23.2 Å². The van der Waals surface area contributed by atoms with Crippen molar-refractivity contribution in [1.29, 1.82) is 0 Å². The second-order valence-corrected chi connectivity index (χ2v) is 6.40. The Morgan fingerprint density at radius 1 is 1.17 bits per heavy atom. The quantitative estimate of drug-likeness (QED) is 0.767. The molecule has 1 aromatic carbocycles. The largest absolute Gasteiger partial charge is 0.346 e. The SMILES string of the molecule is Clc1cccc(-n2nnnc2NC2CCCc3ncccc32)c1Cl. The fraction of sp³-hybridized carbons (Fsp3) is 0.250. The normalized spacial score (nSPS) is 16.7. The maximum Gasteiger partial charge on any atom is 0.248 e. The van der Waals surface area contributed by atoms with Crippen molar-refractivity contribution < 1.29 is 0 Å². The molecule has 2 heterocycles. The topological polar surface area (TPSA) is 68.5 Å². The zero-order valence-corrected chi connectivity index (χ0v) is 14.2. The van der Waals surface area contributed by atoms with Gasteiger partial charge in [0.15, 0.2) is 0 Å². The van der Waals surface area contributed by atoms with Gasteiger partial charge < -0.3 is 5.32 Å². The maximum absolute atomic E-state index is 6.29. The van der Waals surface area contributed by atoms with Crippen LogP contribution in [0.4, 0.5) is 5.95 Å². The Balaban J connectivity index is 1.69. The molecule has 1 aliphatic rings. The Hall–Kier alpha value is -2.18. The van der Waals surface area contributed by atoms with Crippen LogP contribution in [0.1, 0.15) is 30.1 Å². The number of aryl methyl sites for hydroxylation is 1. The van der Waals surface area contributed by atoms with Gasteiger partial charge in [-0.2, -0.15) is 4.68 Å². The van der Waals surface area contributed by atoms with Crippen LogP contribution < -0.4 is 5.32 Å². The smallest absolute Gasteiger partial charge is 0.248 e. The second-order valence-electron chi connectivity index (χ2n) is 5.62. The van der Waals surface area contributed by atoms with E-state index in [1.807, 2.05) is 24.4 Å². The summed E-state index contributed by atoms with van der Waals surface area (Å²) in [6.07, 6.45) is 4.90. The molecule has 0 radical (unpaired) electrons. The highest BCUT2D eigenvalue weighted by Gasteiger charge is 2.23. The van der Waals surface area contributed by atoms with Crippen LogP contribution in [0.15, 0.2) is 36.5 Å². The van der Waals surface area contributed by atoms with E-state index in [-0.39, 0.29) is 6.04 Å². The lowest BCUT2D eigenvalue weighted by Crippen LogP contribution is -2.20. The number of aromatic nitrogens is 5. The number of anilines is 1. The third-order valence-electron chi connectivity index (χ3n) is 4.14. The van der Waals surface area contributed by atoms with Crippen molar-refractivity contribution in [3.8, 4) is 5.69 Å². The van der Waals surface area contributed by atoms with E-state index in [0.29, 0.717) is 21.7 Å². The molecule has 8 heteroatoms. The zero-order valence-electron chi connectivity index (χ0n) is 12.7. The van der Waals surface area contributed by atoms with Gasteiger partial charge >= 0.3 is 0 Å². The maximum atomic E-state index is 6.29. The molecule has 1 atom stereocenters. The molecule has 24 heavy (non-hydrogen) atoms. The predicted octanol–water partition coefficient (Wildman–Crippen LogP) is 3.85. The monoisotopic (exact) mass is 360 g/mol. The number of hydrogen-bond donors (Lipinski definition) is 1. The molecular weight excluding hydrogens is 347 g/mol. The first-order chi connectivity index (χ1) is 11.7. The zero-order chi connectivity index (χ0) is 16.5. The van der Waals surface area contributed by atoms with E-state index in [9.17, 15) is 0 Å². The van der Waals surface area contributed by atoms with Gasteiger partial charge in [0.25, 0.3) is 0 Å². The number of fused-ring (bicyclic) bond motifs is 1. The van der Waals surface area contributed by atoms with E-state index >= 15 is 0 Å². The summed E-state index contributed by atoms with van der Waals surface area (Å²) >= 11 is 12.4. The average molecular weight is 361 g/mol. The molecule has 0 saturated heterocycles. The molecule has 3 aromatic rings. The Bertz CT molecular complexity index is 879. The van der Waals surface area contributed by atoms with Crippen LogP contribution in [0.2, 0.25) is 10.0 Å². The summed E-state index contributed by atoms with van der Waals surface area (Å²) in [4.78, 5) is 4.47. The molecule has 1 aliphatic carbocycles. The summed E-state index contributed by atoms with van der Waals surface area (Å²) in [5.41, 5.74) is 2.95. The highest BCUT2D eigenvalue weighted by Crippen LogP contribution is 2.33. The van der Waals surface area contributed by atoms with Crippen LogP contribution in [0.5, 0.6) is 0 Å². The lowest BCUT2D eigenvalue weighted by Gasteiger charge is -2.25. The minimum atomic E-state index is 0.116. The Labute approximate surface area is 148 Å². The van der Waals surface area contributed by atoms with Crippen LogP contribution in [0.3, 0.4) is 0 Å². The van der Waals surface area contributed by atoms with Gasteiger partial charge in [0.2, 0.25) is 5.95 Å². The van der Waals surface area contributed by atoms with Gasteiger partial charge in [0.05, 0.1) is 21.8 Å². The van der Waals surface area contributed by atoms with Crippen molar-refractivity contribution in [2.75, 3.05) is 5.32 Å². The van der Waals surface area contributed by atoms with Gasteiger partial charge in [0, 0.05) is 11.9 Å². The highest BCUT2D eigenvalue weighted by atomic mass is 35.5. The van der Waals surface area contributed by atoms with Gasteiger partial charge in [-0.25, -0.2) is 0 Å². The number of nitrogens with one attached hydrogen (secondary N) is 1. The van der Waals surface area contributed by atoms with E-state index in [2.05, 4.69) is 31.9 Å². The molecule has 0 aliphatic heterocycles. The number of rotatable bonds is 3. The number of pyridine rings is 1. The number of benzene rings is 1. The van der Waals surface area contributed by atoms with Crippen molar-refractivity contribution in [2.24, 2.45) is 0 Å². The molecule has 122 valence electrons. The molecule has 1 N–H and O–H groups in total. The first kappa shape index (κ1) is 15.4. The first-order valence-electron chi connectivity index (χ1n) is 7.67. The van der Waals surface area contributed by atoms with Crippen molar-refractivity contribution in [2.45, 2.75) is 25.3 Å². The van der Waals surface area contributed by atoms with Crippen LogP contribution in [0, 0.1) is 0 Å². The molecule has 4 rings (SSSR count). The molecular formula is C16H14Cl2N6. The Morgan fingerprint density at radius 3 is 3.00 bits per heavy atom. The Morgan fingerprint density at radius 2 is 2.08 bits per heavy atom. The fourth-order valence-corrected chi connectivity index (χ4v) is 3.38. The molecule has 6 nitrogen and oxygen atoms in total. The second kappa shape index (κ2) is 6.37. The summed E-state index contributed by atoms with van der Waals surface area (Å²) in [6, 6.07) is 9.54. The van der Waals surface area contributed by atoms with E-state index in [0.717, 1.165) is 25.0 Å². The third kappa shape index (κ3) is 2.72. The molecule has 2 aromatic heterocycles. The highest BCUT2D eigenvalue weighted by molar-refractivity contribution is 6.43. The standard InChI is InChI=1S/C16H14Cl2N6/c17-11-5-1-8-14(15(11)18)24-16(21-22-23-24)20-13-7-2-6-12-10(13)4-3-9-19-12/h1,3-5,8-9,13H,2,6-7H2,(H,20,21,23). The molecule has 0 bridgehead atoms. The number of nitrogens with zero attached hydrogens (tertiary/aromatic N) is 5. The van der Waals surface area contributed by atoms with Crippen molar-refractivity contribution in [3.05, 3.63) is 57.8 Å². The lowest BCUT2D eigenvalue weighted by atomic mass is 9.91. The summed E-state index contributed by atoms with van der Waals surface area (Å²) in [5.74, 6) is 0.529. The molecule has 0 spiro atoms. The van der Waals surface area contributed by atoms with E-state index in [1.54, 1.807) is 10.7 Å². The van der Waals surface area contributed by atoms with Crippen molar-refractivity contribution in [1.82, 2.24) is 25.2 Å². The summed E-state index contributed by atoms with van der Waals surface area (Å²) in [6.45, 7) is 0. The van der Waals surface area contributed by atoms with Gasteiger partial charge in [-0.15, -0.1) is 0 Å². The number of halogens is 2. The average Bonchev–Trinajstić information content (AvgIpc) is 3.06. The van der Waals surface area contributed by atoms with Crippen molar-refractivity contribution >= 4 is 29.2 Å². The number of tetrazole rings is 1. The van der Waals surface area contributed by atoms with E-state index in [1.165, 1.54) is 5.56 Å². The van der Waals surface area contributed by atoms with Crippen LogP contribution in [-0.2, 0) is 6.42 Å². The van der Waals surface area contributed by atoms with Gasteiger partial charge in [-0.1, -0.05) is 40.4 Å². The van der Waals surface area contributed by atoms with Gasteiger partial charge in [-0.05, 0) is 53.5 Å². The third-order valence-corrected chi connectivity index (χ3v) is 4.95. The molecule has 0 saturated carbocycles. The van der Waals surface area contributed by atoms with Crippen LogP contribution in [0.25, 0.3) is 5.69 Å². The molecule has 0 fully saturated rings. The minimum Gasteiger partial charge on any atom is -0.346 e. The molecule has 0 amide bonds. The first-order valence-corrected chi connectivity index (χ1v) is 8.43. The summed E-state index contributed by atoms with van der Waals surface area (Å²) < 4.78 is 1.57. The molecule has 1 unspecified atom stereocenters. The van der Waals surface area contributed by atoms with Crippen molar-refractivity contribution in [3.63, 3.8) is 0 Å². The van der Waals surface area contributed by atoms with Gasteiger partial charge in [-0.3, -0.25) is 4.98 Å².